The summed E-state index contributed by atoms with van der Waals surface area (Å²) >= 11 is 0. The number of hydrogen-bond acceptors (Lipinski definition) is 4. The molecule has 1 aromatic heterocycles. The number of aromatic nitrogens is 2. The van der Waals surface area contributed by atoms with Crippen molar-refractivity contribution in [1.82, 2.24) is 15.3 Å². The summed E-state index contributed by atoms with van der Waals surface area (Å²) in [6.07, 6.45) is 5.03. The highest BCUT2D eigenvalue weighted by Gasteiger charge is 2.25. The smallest absolute Gasteiger partial charge is 0.305 e. The number of fused-ring (bicyclic) bond motifs is 1. The fourth-order valence-corrected chi connectivity index (χ4v) is 2.32. The van der Waals surface area contributed by atoms with E-state index in [0.29, 0.717) is 19.4 Å². The summed E-state index contributed by atoms with van der Waals surface area (Å²) < 4.78 is 4.54. The molecule has 2 N–H and O–H groups in total. The van der Waals surface area contributed by atoms with Gasteiger partial charge >= 0.3 is 5.97 Å². The highest BCUT2D eigenvalue weighted by Crippen LogP contribution is 2.22. The van der Waals surface area contributed by atoms with Gasteiger partial charge in [-0.15, -0.1) is 0 Å². The molecule has 1 amide bonds. The van der Waals surface area contributed by atoms with E-state index in [9.17, 15) is 9.59 Å². The Balaban J connectivity index is 1.71. The Kier molecular flexibility index (Phi) is 4.54. The number of nitrogens with zero attached hydrogens (tertiary/aromatic N) is 1. The molecule has 0 fully saturated rings. The third-order valence-corrected chi connectivity index (χ3v) is 3.44. The number of H-pyrrole nitrogens is 1. The summed E-state index contributed by atoms with van der Waals surface area (Å²) in [6.45, 7) is 0.514. The van der Waals surface area contributed by atoms with Gasteiger partial charge in [0.25, 0.3) is 0 Å². The molecule has 1 aliphatic rings. The van der Waals surface area contributed by atoms with Gasteiger partial charge in [-0.05, 0) is 19.3 Å². The lowest BCUT2D eigenvalue weighted by Gasteiger charge is -2.20. The lowest BCUT2D eigenvalue weighted by atomic mass is 9.89. The van der Waals surface area contributed by atoms with E-state index in [2.05, 4.69) is 20.0 Å². The van der Waals surface area contributed by atoms with Gasteiger partial charge in [0.1, 0.15) is 0 Å². The van der Waals surface area contributed by atoms with E-state index >= 15 is 0 Å². The van der Waals surface area contributed by atoms with Crippen LogP contribution in [0, 0.1) is 5.92 Å². The van der Waals surface area contributed by atoms with Crippen LogP contribution >= 0.6 is 0 Å². The molecule has 6 heteroatoms. The van der Waals surface area contributed by atoms with Crippen LogP contribution in [0.25, 0.3) is 0 Å². The van der Waals surface area contributed by atoms with Crippen molar-refractivity contribution in [1.29, 1.82) is 0 Å². The Hall–Kier alpha value is -1.85. The predicted octanol–water partition coefficient (Wildman–Crippen LogP) is 0.584. The lowest BCUT2D eigenvalue weighted by molar-refractivity contribution is -0.140. The first-order valence-corrected chi connectivity index (χ1v) is 6.56. The summed E-state index contributed by atoms with van der Waals surface area (Å²) in [4.78, 5) is 30.2. The van der Waals surface area contributed by atoms with Crippen LogP contribution in [0.15, 0.2) is 6.33 Å². The molecule has 0 bridgehead atoms. The molecular formula is C13H19N3O3. The standard InChI is InChI=1S/C13H19N3O3/c1-19-12(17)3-2-6-14-13(18)9-4-5-10-11(7-9)16-8-15-10/h8-9H,2-7H2,1H3,(H,14,18)(H,15,16). The number of hydrogen-bond donors (Lipinski definition) is 2. The van der Waals surface area contributed by atoms with E-state index in [0.717, 1.165) is 30.7 Å². The van der Waals surface area contributed by atoms with Gasteiger partial charge < -0.3 is 15.0 Å². The van der Waals surface area contributed by atoms with Crippen molar-refractivity contribution < 1.29 is 14.3 Å². The first kappa shape index (κ1) is 13.6. The molecule has 1 aromatic rings. The molecule has 19 heavy (non-hydrogen) atoms. The molecule has 0 saturated carbocycles. The van der Waals surface area contributed by atoms with Crippen LogP contribution in [-0.4, -0.2) is 35.5 Å². The van der Waals surface area contributed by atoms with Gasteiger partial charge in [0.2, 0.25) is 5.91 Å². The van der Waals surface area contributed by atoms with Crippen molar-refractivity contribution in [2.75, 3.05) is 13.7 Å². The zero-order chi connectivity index (χ0) is 13.7. The molecule has 0 spiro atoms. The van der Waals surface area contributed by atoms with Crippen LogP contribution < -0.4 is 5.32 Å². The first-order valence-electron chi connectivity index (χ1n) is 6.56. The topological polar surface area (TPSA) is 84.1 Å². The molecule has 0 aliphatic heterocycles. The second-order valence-electron chi connectivity index (χ2n) is 4.74. The Morgan fingerprint density at radius 2 is 2.42 bits per heavy atom. The summed E-state index contributed by atoms with van der Waals surface area (Å²) in [5.41, 5.74) is 2.15. The maximum absolute atomic E-state index is 12.0. The Morgan fingerprint density at radius 3 is 3.21 bits per heavy atom. The second-order valence-corrected chi connectivity index (χ2v) is 4.74. The fraction of sp³-hybridized carbons (Fsp3) is 0.615. The van der Waals surface area contributed by atoms with Crippen molar-refractivity contribution in [3.05, 3.63) is 17.7 Å². The van der Waals surface area contributed by atoms with E-state index in [1.807, 2.05) is 0 Å². The number of carbonyl (C=O) groups is 2. The number of esters is 1. The van der Waals surface area contributed by atoms with Gasteiger partial charge in [0.05, 0.1) is 19.1 Å². The summed E-state index contributed by atoms with van der Waals surface area (Å²) in [6, 6.07) is 0. The lowest BCUT2D eigenvalue weighted by Crippen LogP contribution is -2.34. The largest absolute Gasteiger partial charge is 0.469 e. The number of nitrogens with one attached hydrogen (secondary N) is 2. The number of methoxy groups -OCH3 is 1. The number of ether oxygens (including phenoxy) is 1. The monoisotopic (exact) mass is 265 g/mol. The third kappa shape index (κ3) is 3.56. The van der Waals surface area contributed by atoms with E-state index in [1.54, 1.807) is 6.33 Å². The molecule has 1 aliphatic carbocycles. The number of aryl methyl sites for hydroxylation is 1. The molecule has 104 valence electrons. The van der Waals surface area contributed by atoms with Crippen LogP contribution in [0.4, 0.5) is 0 Å². The molecule has 1 heterocycles. The fourth-order valence-electron chi connectivity index (χ4n) is 2.32. The summed E-state index contributed by atoms with van der Waals surface area (Å²) in [7, 11) is 1.37. The average Bonchev–Trinajstić information content (AvgIpc) is 2.90. The molecule has 2 rings (SSSR count). The molecule has 1 unspecified atom stereocenters. The zero-order valence-corrected chi connectivity index (χ0v) is 11.1. The normalized spacial score (nSPS) is 17.6. The number of amides is 1. The second kappa shape index (κ2) is 6.36. The zero-order valence-electron chi connectivity index (χ0n) is 11.1. The van der Waals surface area contributed by atoms with Crippen LogP contribution in [0.2, 0.25) is 0 Å². The van der Waals surface area contributed by atoms with Crippen molar-refractivity contribution >= 4 is 11.9 Å². The van der Waals surface area contributed by atoms with Crippen LogP contribution in [0.1, 0.15) is 30.7 Å². The number of rotatable bonds is 5. The van der Waals surface area contributed by atoms with Crippen molar-refractivity contribution in [3.63, 3.8) is 0 Å². The molecule has 1 atom stereocenters. The number of aromatic amines is 1. The Bertz CT molecular complexity index is 456. The Labute approximate surface area is 111 Å². The van der Waals surface area contributed by atoms with Crippen molar-refractivity contribution in [3.8, 4) is 0 Å². The maximum Gasteiger partial charge on any atom is 0.305 e. The third-order valence-electron chi connectivity index (χ3n) is 3.44. The highest BCUT2D eigenvalue weighted by atomic mass is 16.5. The van der Waals surface area contributed by atoms with Gasteiger partial charge in [0.15, 0.2) is 0 Å². The van der Waals surface area contributed by atoms with Crippen molar-refractivity contribution in [2.45, 2.75) is 32.1 Å². The van der Waals surface area contributed by atoms with E-state index in [-0.39, 0.29) is 17.8 Å². The van der Waals surface area contributed by atoms with Crippen LogP contribution in [0.5, 0.6) is 0 Å². The quantitative estimate of drug-likeness (QED) is 0.602. The van der Waals surface area contributed by atoms with Crippen molar-refractivity contribution in [2.24, 2.45) is 5.92 Å². The number of imidazole rings is 1. The van der Waals surface area contributed by atoms with E-state index < -0.39 is 0 Å². The molecular weight excluding hydrogens is 246 g/mol. The molecule has 0 aromatic carbocycles. The minimum Gasteiger partial charge on any atom is -0.469 e. The molecule has 0 radical (unpaired) electrons. The van der Waals surface area contributed by atoms with Gasteiger partial charge in [-0.1, -0.05) is 0 Å². The summed E-state index contributed by atoms with van der Waals surface area (Å²) in [5, 5.41) is 2.87. The van der Waals surface area contributed by atoms with Gasteiger partial charge in [-0.25, -0.2) is 4.98 Å². The molecule has 6 nitrogen and oxygen atoms in total. The minimum atomic E-state index is -0.242. The van der Waals surface area contributed by atoms with E-state index in [4.69, 9.17) is 0 Å². The average molecular weight is 265 g/mol. The molecule has 0 saturated heterocycles. The minimum absolute atomic E-state index is 0.00563. The predicted molar refractivity (Wildman–Crippen MR) is 68.4 cm³/mol. The highest BCUT2D eigenvalue weighted by molar-refractivity contribution is 5.79. The van der Waals surface area contributed by atoms with Gasteiger partial charge in [-0.2, -0.15) is 0 Å². The van der Waals surface area contributed by atoms with Crippen LogP contribution in [0.3, 0.4) is 0 Å². The SMILES string of the molecule is COC(=O)CCCNC(=O)C1CCc2nc[nH]c2C1. The first-order chi connectivity index (χ1) is 9.20. The maximum atomic E-state index is 12.0. The van der Waals surface area contributed by atoms with E-state index in [1.165, 1.54) is 7.11 Å². The van der Waals surface area contributed by atoms with Gasteiger partial charge in [-0.3, -0.25) is 9.59 Å². The number of carbonyl (C=O) groups excluding carboxylic acids is 2. The van der Waals surface area contributed by atoms with Gasteiger partial charge in [0, 0.05) is 31.0 Å². The summed E-state index contributed by atoms with van der Waals surface area (Å²) in [5.74, 6) is -0.176. The van der Waals surface area contributed by atoms with Crippen LogP contribution in [-0.2, 0) is 27.2 Å². The Morgan fingerprint density at radius 1 is 1.58 bits per heavy atom.